The van der Waals surface area contributed by atoms with Gasteiger partial charge in [-0.3, -0.25) is 0 Å². The van der Waals surface area contributed by atoms with Crippen LogP contribution in [0.15, 0.2) is 24.5 Å². The summed E-state index contributed by atoms with van der Waals surface area (Å²) in [6, 6.07) is 4.68. The minimum atomic E-state index is -1.13. The maximum absolute atomic E-state index is 11.1. The van der Waals surface area contributed by atoms with Crippen LogP contribution < -0.4 is 0 Å². The maximum Gasteiger partial charge on any atom is 0.491 e. The van der Waals surface area contributed by atoms with E-state index < -0.39 is 16.8 Å². The number of aromatic nitrogens is 3. The summed E-state index contributed by atoms with van der Waals surface area (Å²) in [5.41, 5.74) is 0.912. The van der Waals surface area contributed by atoms with E-state index in [0.29, 0.717) is 5.56 Å². The topological polar surface area (TPSA) is 111 Å². The van der Waals surface area contributed by atoms with Gasteiger partial charge in [-0.1, -0.05) is 17.1 Å². The number of nitrogens with zero attached hydrogens (tertiary/aromatic N) is 4. The first kappa shape index (κ1) is 11.7. The van der Waals surface area contributed by atoms with Gasteiger partial charge in [0, 0.05) is 5.10 Å². The van der Waals surface area contributed by atoms with E-state index in [4.69, 9.17) is 5.11 Å². The Hall–Kier alpha value is -2.77. The fourth-order valence-corrected chi connectivity index (χ4v) is 1.58. The molecule has 18 heavy (non-hydrogen) atoms. The number of aromatic carboxylic acids is 1. The Morgan fingerprint density at radius 1 is 1.50 bits per heavy atom. The number of hydrogen-bond acceptors (Lipinski definition) is 5. The first-order valence-corrected chi connectivity index (χ1v) is 4.90. The molecule has 0 fully saturated rings. The zero-order valence-corrected chi connectivity index (χ0v) is 9.27. The molecule has 1 aromatic heterocycles. The number of carbonyl (C=O) groups is 1. The lowest BCUT2D eigenvalue weighted by molar-refractivity contribution is -0.394. The zero-order valence-electron chi connectivity index (χ0n) is 9.27. The zero-order chi connectivity index (χ0) is 13.3. The highest BCUT2D eigenvalue weighted by Gasteiger charge is 2.20. The summed E-state index contributed by atoms with van der Waals surface area (Å²) in [5, 5.41) is 23.2. The quantitative estimate of drug-likeness (QED) is 0.644. The van der Waals surface area contributed by atoms with Crippen molar-refractivity contribution in [1.29, 1.82) is 0 Å². The number of hydrogen-bond donors (Lipinski definition) is 1. The van der Waals surface area contributed by atoms with Crippen molar-refractivity contribution in [3.05, 3.63) is 45.8 Å². The molecular weight excluding hydrogens is 240 g/mol. The van der Waals surface area contributed by atoms with Crippen molar-refractivity contribution in [1.82, 2.24) is 14.8 Å². The van der Waals surface area contributed by atoms with Crippen LogP contribution in [-0.2, 0) is 0 Å². The predicted molar refractivity (Wildman–Crippen MR) is 59.7 cm³/mol. The molecule has 92 valence electrons. The largest absolute Gasteiger partial charge is 0.491 e. The molecule has 8 heteroatoms. The van der Waals surface area contributed by atoms with Crippen LogP contribution in [0.5, 0.6) is 0 Å². The molecule has 0 unspecified atom stereocenters. The van der Waals surface area contributed by atoms with Gasteiger partial charge in [-0.2, -0.15) is 0 Å². The SMILES string of the molecule is Cc1cccc(C(=O)O)c1-n1cnc([N+](=O)[O-])n1. The van der Waals surface area contributed by atoms with Gasteiger partial charge in [-0.15, -0.1) is 4.68 Å². The number of carboxylic acids is 1. The van der Waals surface area contributed by atoms with Crippen LogP contribution in [-0.4, -0.2) is 30.8 Å². The third-order valence-electron chi connectivity index (χ3n) is 2.34. The highest BCUT2D eigenvalue weighted by Crippen LogP contribution is 2.19. The Bertz CT molecular complexity index is 635. The van der Waals surface area contributed by atoms with E-state index in [2.05, 4.69) is 10.1 Å². The van der Waals surface area contributed by atoms with E-state index >= 15 is 0 Å². The van der Waals surface area contributed by atoms with Crippen molar-refractivity contribution in [3.63, 3.8) is 0 Å². The third kappa shape index (κ3) is 1.90. The second-order valence-corrected chi connectivity index (χ2v) is 3.52. The van der Waals surface area contributed by atoms with Crippen LogP contribution in [0.25, 0.3) is 5.69 Å². The van der Waals surface area contributed by atoms with Gasteiger partial charge in [0.25, 0.3) is 0 Å². The maximum atomic E-state index is 11.1. The van der Waals surface area contributed by atoms with Crippen LogP contribution in [0.4, 0.5) is 5.95 Å². The van der Waals surface area contributed by atoms with E-state index in [1.165, 1.54) is 6.07 Å². The molecule has 0 saturated carbocycles. The molecule has 0 spiro atoms. The molecule has 1 N–H and O–H groups in total. The van der Waals surface area contributed by atoms with Gasteiger partial charge in [0.2, 0.25) is 6.33 Å². The highest BCUT2D eigenvalue weighted by molar-refractivity contribution is 5.92. The monoisotopic (exact) mass is 248 g/mol. The summed E-state index contributed by atoms with van der Waals surface area (Å²) in [6.45, 7) is 1.69. The van der Waals surface area contributed by atoms with Gasteiger partial charge >= 0.3 is 11.9 Å². The Morgan fingerprint density at radius 2 is 2.22 bits per heavy atom. The fourth-order valence-electron chi connectivity index (χ4n) is 1.58. The average molecular weight is 248 g/mol. The van der Waals surface area contributed by atoms with Gasteiger partial charge in [0.05, 0.1) is 5.56 Å². The standard InChI is InChI=1S/C10H8N4O4/c1-6-3-2-4-7(9(15)16)8(6)13-5-11-10(12-13)14(17)18/h2-5H,1H3,(H,15,16). The molecule has 0 bridgehead atoms. The lowest BCUT2D eigenvalue weighted by Crippen LogP contribution is -2.08. The first-order chi connectivity index (χ1) is 8.50. The number of rotatable bonds is 3. The number of para-hydroxylation sites is 1. The van der Waals surface area contributed by atoms with E-state index in [0.717, 1.165) is 11.0 Å². The Balaban J connectivity index is 2.62. The van der Waals surface area contributed by atoms with Gasteiger partial charge in [0.1, 0.15) is 5.69 Å². The van der Waals surface area contributed by atoms with Gasteiger partial charge in [-0.25, -0.2) is 4.79 Å². The van der Waals surface area contributed by atoms with Crippen molar-refractivity contribution < 1.29 is 14.8 Å². The van der Waals surface area contributed by atoms with Gasteiger partial charge in [0.15, 0.2) is 0 Å². The van der Waals surface area contributed by atoms with Crippen molar-refractivity contribution in [3.8, 4) is 5.69 Å². The second kappa shape index (κ2) is 4.24. The molecule has 0 amide bonds. The minimum Gasteiger partial charge on any atom is -0.478 e. The lowest BCUT2D eigenvalue weighted by atomic mass is 10.1. The summed E-state index contributed by atoms with van der Waals surface area (Å²) in [4.78, 5) is 24.3. The highest BCUT2D eigenvalue weighted by atomic mass is 16.6. The molecule has 1 aromatic carbocycles. The molecule has 0 radical (unpaired) electrons. The average Bonchev–Trinajstić information content (AvgIpc) is 2.77. The van der Waals surface area contributed by atoms with E-state index in [-0.39, 0.29) is 11.3 Å². The van der Waals surface area contributed by atoms with Crippen LogP contribution in [0, 0.1) is 17.0 Å². The predicted octanol–water partition coefficient (Wildman–Crippen LogP) is 1.18. The molecule has 0 saturated heterocycles. The summed E-state index contributed by atoms with van der Waals surface area (Å²) in [7, 11) is 0. The smallest absolute Gasteiger partial charge is 0.478 e. The fraction of sp³-hybridized carbons (Fsp3) is 0.100. The Kier molecular flexibility index (Phi) is 2.76. The molecule has 8 nitrogen and oxygen atoms in total. The Labute approximate surface area is 101 Å². The second-order valence-electron chi connectivity index (χ2n) is 3.52. The molecule has 0 aliphatic heterocycles. The van der Waals surface area contributed by atoms with Crippen LogP contribution in [0.3, 0.4) is 0 Å². The molecule has 1 heterocycles. The lowest BCUT2D eigenvalue weighted by Gasteiger charge is -2.05. The summed E-state index contributed by atoms with van der Waals surface area (Å²) >= 11 is 0. The van der Waals surface area contributed by atoms with Crippen molar-refractivity contribution >= 4 is 11.9 Å². The minimum absolute atomic E-state index is 0.00907. The van der Waals surface area contributed by atoms with E-state index in [1.807, 2.05) is 0 Å². The van der Waals surface area contributed by atoms with Crippen molar-refractivity contribution in [2.75, 3.05) is 0 Å². The molecule has 0 aliphatic rings. The molecule has 2 aromatic rings. The molecule has 0 aliphatic carbocycles. The normalized spacial score (nSPS) is 10.3. The summed E-state index contributed by atoms with van der Waals surface area (Å²) < 4.78 is 1.09. The van der Waals surface area contributed by atoms with E-state index in [9.17, 15) is 14.9 Å². The summed E-state index contributed by atoms with van der Waals surface area (Å²) in [5.74, 6) is -1.71. The van der Waals surface area contributed by atoms with Gasteiger partial charge < -0.3 is 15.2 Å². The molecule has 2 rings (SSSR count). The number of benzene rings is 1. The third-order valence-corrected chi connectivity index (χ3v) is 2.34. The first-order valence-electron chi connectivity index (χ1n) is 4.90. The van der Waals surface area contributed by atoms with Gasteiger partial charge in [-0.05, 0) is 23.5 Å². The van der Waals surface area contributed by atoms with Crippen LogP contribution in [0.1, 0.15) is 15.9 Å². The Morgan fingerprint density at radius 3 is 2.78 bits per heavy atom. The van der Waals surface area contributed by atoms with Crippen molar-refractivity contribution in [2.24, 2.45) is 0 Å². The number of aryl methyl sites for hydroxylation is 1. The number of nitro groups is 1. The van der Waals surface area contributed by atoms with E-state index in [1.54, 1.807) is 19.1 Å². The number of carboxylic acid groups (broad SMARTS) is 1. The van der Waals surface area contributed by atoms with Crippen LogP contribution in [0.2, 0.25) is 0 Å². The molecule has 0 atom stereocenters. The molecular formula is C10H8N4O4. The van der Waals surface area contributed by atoms with Crippen LogP contribution >= 0.6 is 0 Å². The summed E-state index contributed by atoms with van der Waals surface area (Å²) in [6.07, 6.45) is 1.12. The van der Waals surface area contributed by atoms with Crippen molar-refractivity contribution in [2.45, 2.75) is 6.92 Å².